The summed E-state index contributed by atoms with van der Waals surface area (Å²) in [5, 5.41) is 14.2. The molecule has 1 atom stereocenters. The normalized spacial score (nSPS) is 14.4. The molecule has 1 N–H and O–H groups in total. The summed E-state index contributed by atoms with van der Waals surface area (Å²) in [6.07, 6.45) is 2.66. The van der Waals surface area contributed by atoms with Crippen molar-refractivity contribution in [3.8, 4) is 0 Å². The van der Waals surface area contributed by atoms with E-state index in [1.165, 1.54) is 23.4 Å². The molecule has 0 saturated heterocycles. The van der Waals surface area contributed by atoms with Crippen LogP contribution in [0, 0.1) is 11.6 Å². The van der Waals surface area contributed by atoms with Crippen molar-refractivity contribution >= 4 is 11.6 Å². The van der Waals surface area contributed by atoms with Gasteiger partial charge in [-0.1, -0.05) is 6.07 Å². The minimum absolute atomic E-state index is 0.0704. The molecule has 96 valence electrons. The van der Waals surface area contributed by atoms with E-state index in [4.69, 9.17) is 11.6 Å². The van der Waals surface area contributed by atoms with E-state index in [-0.39, 0.29) is 18.0 Å². The van der Waals surface area contributed by atoms with Gasteiger partial charge in [-0.3, -0.25) is 0 Å². The minimum Gasteiger partial charge on any atom is -0.382 e. The Kier molecular flexibility index (Phi) is 3.58. The van der Waals surface area contributed by atoms with Gasteiger partial charge in [0.2, 0.25) is 0 Å². The van der Waals surface area contributed by atoms with Crippen LogP contribution in [0.2, 0.25) is 0 Å². The van der Waals surface area contributed by atoms with E-state index in [1.807, 2.05) is 0 Å². The lowest BCUT2D eigenvalue weighted by Gasteiger charge is -2.26. The van der Waals surface area contributed by atoms with Crippen molar-refractivity contribution < 1.29 is 13.9 Å². The van der Waals surface area contributed by atoms with Gasteiger partial charge in [-0.05, 0) is 6.07 Å². The molecule has 18 heavy (non-hydrogen) atoms. The van der Waals surface area contributed by atoms with Crippen molar-refractivity contribution in [2.75, 3.05) is 5.88 Å². The second-order valence-electron chi connectivity index (χ2n) is 3.88. The highest BCUT2D eigenvalue weighted by Gasteiger charge is 2.32. The molecule has 1 aromatic heterocycles. The van der Waals surface area contributed by atoms with Gasteiger partial charge in [0.05, 0.1) is 12.4 Å². The highest BCUT2D eigenvalue weighted by Crippen LogP contribution is 2.27. The average molecular weight is 274 g/mol. The molecule has 2 aromatic rings. The van der Waals surface area contributed by atoms with Gasteiger partial charge in [-0.15, -0.1) is 11.6 Å². The van der Waals surface area contributed by atoms with Crippen LogP contribution in [0.25, 0.3) is 0 Å². The van der Waals surface area contributed by atoms with Gasteiger partial charge in [0, 0.05) is 11.6 Å². The van der Waals surface area contributed by atoms with Crippen LogP contribution in [-0.2, 0) is 12.1 Å². The lowest BCUT2D eigenvalue weighted by Crippen LogP contribution is -2.34. The van der Waals surface area contributed by atoms with Crippen molar-refractivity contribution in [1.82, 2.24) is 14.8 Å². The van der Waals surface area contributed by atoms with Crippen LogP contribution in [0.4, 0.5) is 8.78 Å². The van der Waals surface area contributed by atoms with Gasteiger partial charge in [0.1, 0.15) is 29.9 Å². The summed E-state index contributed by atoms with van der Waals surface area (Å²) in [7, 11) is 0. The maximum atomic E-state index is 13.7. The number of hydrogen-bond acceptors (Lipinski definition) is 3. The molecule has 0 radical (unpaired) electrons. The first kappa shape index (κ1) is 12.9. The molecule has 0 aliphatic rings. The summed E-state index contributed by atoms with van der Waals surface area (Å²) in [5.41, 5.74) is -1.75. The van der Waals surface area contributed by atoms with Crippen LogP contribution >= 0.6 is 11.6 Å². The Balaban J connectivity index is 2.36. The van der Waals surface area contributed by atoms with Crippen molar-refractivity contribution in [3.63, 3.8) is 0 Å². The minimum atomic E-state index is -1.67. The zero-order chi connectivity index (χ0) is 13.2. The maximum Gasteiger partial charge on any atom is 0.137 e. The van der Waals surface area contributed by atoms with Crippen molar-refractivity contribution in [3.05, 3.63) is 48.1 Å². The Labute approximate surface area is 107 Å². The fourth-order valence-electron chi connectivity index (χ4n) is 1.65. The largest absolute Gasteiger partial charge is 0.382 e. The predicted molar refractivity (Wildman–Crippen MR) is 61.0 cm³/mol. The fraction of sp³-hybridized carbons (Fsp3) is 0.273. The van der Waals surface area contributed by atoms with E-state index in [0.717, 1.165) is 6.07 Å². The fourth-order valence-corrected chi connectivity index (χ4v) is 1.88. The molecule has 7 heteroatoms. The van der Waals surface area contributed by atoms with Gasteiger partial charge >= 0.3 is 0 Å². The predicted octanol–water partition coefficient (Wildman–Crippen LogP) is 1.68. The number of rotatable bonds is 4. The summed E-state index contributed by atoms with van der Waals surface area (Å²) < 4.78 is 27.8. The second-order valence-corrected chi connectivity index (χ2v) is 4.15. The topological polar surface area (TPSA) is 50.9 Å². The van der Waals surface area contributed by atoms with Crippen LogP contribution in [0.1, 0.15) is 5.56 Å². The summed E-state index contributed by atoms with van der Waals surface area (Å²) in [6, 6.07) is 2.94. The first-order chi connectivity index (χ1) is 8.55. The molecule has 1 heterocycles. The van der Waals surface area contributed by atoms with Crippen LogP contribution in [0.3, 0.4) is 0 Å². The molecular formula is C11H10ClF2N3O. The van der Waals surface area contributed by atoms with Crippen molar-refractivity contribution in [1.29, 1.82) is 0 Å². The molecule has 1 aromatic carbocycles. The Morgan fingerprint density at radius 2 is 2.17 bits per heavy atom. The van der Waals surface area contributed by atoms with E-state index in [2.05, 4.69) is 10.1 Å². The zero-order valence-corrected chi connectivity index (χ0v) is 9.98. The van der Waals surface area contributed by atoms with E-state index in [1.54, 1.807) is 0 Å². The van der Waals surface area contributed by atoms with Crippen LogP contribution in [0.15, 0.2) is 30.9 Å². The Bertz CT molecular complexity index is 535. The number of aliphatic hydroxyl groups is 1. The number of benzene rings is 1. The molecule has 0 aliphatic carbocycles. The van der Waals surface area contributed by atoms with Gasteiger partial charge in [-0.25, -0.2) is 18.4 Å². The third-order valence-electron chi connectivity index (χ3n) is 2.54. The number of aromatic nitrogens is 3. The highest BCUT2D eigenvalue weighted by atomic mass is 35.5. The molecular weight excluding hydrogens is 264 g/mol. The molecule has 2 rings (SSSR count). The molecule has 1 unspecified atom stereocenters. The molecule has 0 fully saturated rings. The molecule has 0 saturated carbocycles. The highest BCUT2D eigenvalue weighted by molar-refractivity contribution is 6.18. The number of nitrogens with zero attached hydrogens (tertiary/aromatic N) is 3. The molecule has 0 spiro atoms. The van der Waals surface area contributed by atoms with Gasteiger partial charge in [-0.2, -0.15) is 5.10 Å². The average Bonchev–Trinajstić information content (AvgIpc) is 2.81. The Hall–Kier alpha value is -1.53. The third-order valence-corrected chi connectivity index (χ3v) is 2.99. The number of halogens is 3. The summed E-state index contributed by atoms with van der Waals surface area (Å²) in [6.45, 7) is -0.0704. The smallest absolute Gasteiger partial charge is 0.137 e. The lowest BCUT2D eigenvalue weighted by atomic mass is 9.95. The van der Waals surface area contributed by atoms with E-state index in [0.29, 0.717) is 6.07 Å². The van der Waals surface area contributed by atoms with Crippen LogP contribution < -0.4 is 0 Å². The van der Waals surface area contributed by atoms with Crippen molar-refractivity contribution in [2.45, 2.75) is 12.1 Å². The van der Waals surface area contributed by atoms with Crippen LogP contribution in [0.5, 0.6) is 0 Å². The van der Waals surface area contributed by atoms with E-state index >= 15 is 0 Å². The maximum absolute atomic E-state index is 13.7. The van der Waals surface area contributed by atoms with Crippen LogP contribution in [-0.4, -0.2) is 25.8 Å². The van der Waals surface area contributed by atoms with E-state index in [9.17, 15) is 13.9 Å². The second kappa shape index (κ2) is 4.99. The Morgan fingerprint density at radius 3 is 2.72 bits per heavy atom. The number of alkyl halides is 1. The lowest BCUT2D eigenvalue weighted by molar-refractivity contribution is 0.0346. The SMILES string of the molecule is OC(CCl)(Cn1cncn1)c1ccc(F)cc1F. The quantitative estimate of drug-likeness (QED) is 0.863. The molecule has 0 amide bonds. The summed E-state index contributed by atoms with van der Waals surface area (Å²) in [5.74, 6) is -1.82. The third kappa shape index (κ3) is 2.49. The molecule has 0 aliphatic heterocycles. The summed E-state index contributed by atoms with van der Waals surface area (Å²) in [4.78, 5) is 3.71. The van der Waals surface area contributed by atoms with Gasteiger partial charge in [0.15, 0.2) is 0 Å². The first-order valence-electron chi connectivity index (χ1n) is 5.11. The zero-order valence-electron chi connectivity index (χ0n) is 9.22. The van der Waals surface area contributed by atoms with Gasteiger partial charge < -0.3 is 5.11 Å². The monoisotopic (exact) mass is 273 g/mol. The number of hydrogen-bond donors (Lipinski definition) is 1. The standard InChI is InChI=1S/C11H10ClF2N3O/c12-4-11(18,5-17-7-15-6-16-17)9-2-1-8(13)3-10(9)14/h1-3,6-7,18H,4-5H2. The van der Waals surface area contributed by atoms with Gasteiger partial charge in [0.25, 0.3) is 0 Å². The van der Waals surface area contributed by atoms with E-state index < -0.39 is 17.2 Å². The Morgan fingerprint density at radius 1 is 1.39 bits per heavy atom. The summed E-state index contributed by atoms with van der Waals surface area (Å²) >= 11 is 5.70. The molecule has 4 nitrogen and oxygen atoms in total. The first-order valence-corrected chi connectivity index (χ1v) is 5.65. The molecule has 0 bridgehead atoms. The van der Waals surface area contributed by atoms with Crippen molar-refractivity contribution in [2.24, 2.45) is 0 Å².